The molecule has 7 heteroatoms. The van der Waals surface area contributed by atoms with Crippen molar-refractivity contribution in [1.82, 2.24) is 4.72 Å². The van der Waals surface area contributed by atoms with Gasteiger partial charge in [0, 0.05) is 6.54 Å². The fourth-order valence-corrected chi connectivity index (χ4v) is 3.18. The number of sulfonamides is 1. The van der Waals surface area contributed by atoms with Crippen LogP contribution in [0, 0.1) is 5.92 Å². The van der Waals surface area contributed by atoms with Crippen molar-refractivity contribution in [2.75, 3.05) is 6.54 Å². The van der Waals surface area contributed by atoms with Gasteiger partial charge in [0.1, 0.15) is 12.4 Å². The van der Waals surface area contributed by atoms with Crippen molar-refractivity contribution >= 4 is 10.0 Å². The Balaban J connectivity index is 1.95. The lowest BCUT2D eigenvalue weighted by Gasteiger charge is -2.09. The zero-order chi connectivity index (χ0) is 13.2. The Labute approximate surface area is 106 Å². The molecule has 1 aromatic rings. The van der Waals surface area contributed by atoms with Crippen LogP contribution in [0.1, 0.15) is 25.0 Å². The van der Waals surface area contributed by atoms with Crippen LogP contribution in [0.2, 0.25) is 0 Å². The average Bonchev–Trinajstić information content (AvgIpc) is 2.95. The van der Waals surface area contributed by atoms with Gasteiger partial charge in [0.05, 0.1) is 6.10 Å². The molecule has 0 spiro atoms. The van der Waals surface area contributed by atoms with Gasteiger partial charge in [-0.2, -0.15) is 0 Å². The zero-order valence-corrected chi connectivity index (χ0v) is 10.7. The highest BCUT2D eigenvalue weighted by molar-refractivity contribution is 7.89. The van der Waals surface area contributed by atoms with Gasteiger partial charge in [0.2, 0.25) is 5.09 Å². The first kappa shape index (κ1) is 13.5. The van der Waals surface area contributed by atoms with E-state index in [1.807, 2.05) is 0 Å². The maximum Gasteiger partial charge on any atom is 0.273 e. The first-order valence-corrected chi connectivity index (χ1v) is 7.37. The monoisotopic (exact) mass is 275 g/mol. The second-order valence-electron chi connectivity index (χ2n) is 4.56. The standard InChI is InChI=1S/C11H17NO5S/c13-7-10-3-4-11(17-10)18(15,16)12-6-8-1-2-9(14)5-8/h3-4,8-9,12-14H,1-2,5-7H2. The van der Waals surface area contributed by atoms with Crippen molar-refractivity contribution in [3.63, 3.8) is 0 Å². The molecule has 0 aromatic carbocycles. The molecule has 2 atom stereocenters. The van der Waals surface area contributed by atoms with E-state index in [9.17, 15) is 13.5 Å². The lowest BCUT2D eigenvalue weighted by molar-refractivity contribution is 0.178. The van der Waals surface area contributed by atoms with Gasteiger partial charge in [-0.3, -0.25) is 0 Å². The Kier molecular flexibility index (Phi) is 4.06. The molecule has 6 nitrogen and oxygen atoms in total. The summed E-state index contributed by atoms with van der Waals surface area (Å²) in [6, 6.07) is 2.74. The largest absolute Gasteiger partial charge is 0.446 e. The van der Waals surface area contributed by atoms with E-state index in [1.165, 1.54) is 12.1 Å². The summed E-state index contributed by atoms with van der Waals surface area (Å²) in [5, 5.41) is 18.0. The minimum absolute atomic E-state index is 0.169. The second kappa shape index (κ2) is 5.40. The maximum atomic E-state index is 11.9. The highest BCUT2D eigenvalue weighted by Crippen LogP contribution is 2.25. The van der Waals surface area contributed by atoms with Crippen LogP contribution in [0.3, 0.4) is 0 Å². The minimum Gasteiger partial charge on any atom is -0.446 e. The number of rotatable bonds is 5. The molecule has 1 aliphatic rings. The van der Waals surface area contributed by atoms with Crippen LogP contribution >= 0.6 is 0 Å². The lowest BCUT2D eigenvalue weighted by atomic mass is 10.1. The highest BCUT2D eigenvalue weighted by Gasteiger charge is 2.25. The van der Waals surface area contributed by atoms with Crippen LogP contribution < -0.4 is 4.72 Å². The van der Waals surface area contributed by atoms with E-state index in [0.717, 1.165) is 12.8 Å². The normalized spacial score (nSPS) is 24.6. The number of nitrogens with one attached hydrogen (secondary N) is 1. The molecule has 102 valence electrons. The number of furan rings is 1. The van der Waals surface area contributed by atoms with Crippen LogP contribution in [0.15, 0.2) is 21.6 Å². The molecular weight excluding hydrogens is 258 g/mol. The lowest BCUT2D eigenvalue weighted by Crippen LogP contribution is -2.28. The van der Waals surface area contributed by atoms with E-state index in [1.54, 1.807) is 0 Å². The molecule has 0 bridgehead atoms. The van der Waals surface area contributed by atoms with Crippen molar-refractivity contribution in [2.24, 2.45) is 5.92 Å². The molecular formula is C11H17NO5S. The van der Waals surface area contributed by atoms with Crippen molar-refractivity contribution < 1.29 is 23.0 Å². The second-order valence-corrected chi connectivity index (χ2v) is 6.26. The van der Waals surface area contributed by atoms with Crippen molar-refractivity contribution in [3.05, 3.63) is 17.9 Å². The molecule has 2 unspecified atom stereocenters. The van der Waals surface area contributed by atoms with E-state index in [4.69, 9.17) is 9.52 Å². The summed E-state index contributed by atoms with van der Waals surface area (Å²) in [4.78, 5) is 0. The predicted octanol–water partition coefficient (Wildman–Crippen LogP) is 0.211. The van der Waals surface area contributed by atoms with Crippen molar-refractivity contribution in [1.29, 1.82) is 0 Å². The van der Waals surface area contributed by atoms with E-state index >= 15 is 0 Å². The fourth-order valence-electron chi connectivity index (χ4n) is 2.12. The summed E-state index contributed by atoms with van der Waals surface area (Å²) in [6.45, 7) is -0.0289. The molecule has 1 aliphatic carbocycles. The van der Waals surface area contributed by atoms with Gasteiger partial charge in [0.15, 0.2) is 0 Å². The third-order valence-corrected chi connectivity index (χ3v) is 4.43. The fraction of sp³-hybridized carbons (Fsp3) is 0.636. The smallest absolute Gasteiger partial charge is 0.273 e. The Morgan fingerprint density at radius 3 is 2.72 bits per heavy atom. The number of hydrogen-bond donors (Lipinski definition) is 3. The van der Waals surface area contributed by atoms with Gasteiger partial charge in [-0.25, -0.2) is 13.1 Å². The molecule has 3 N–H and O–H groups in total. The molecule has 1 fully saturated rings. The van der Waals surface area contributed by atoms with Crippen LogP contribution in [0.5, 0.6) is 0 Å². The Hall–Kier alpha value is -0.890. The Bertz CT molecular complexity index is 495. The quantitative estimate of drug-likeness (QED) is 0.713. The summed E-state index contributed by atoms with van der Waals surface area (Å²) in [5.41, 5.74) is 0. The van der Waals surface area contributed by atoms with Crippen molar-refractivity contribution in [3.8, 4) is 0 Å². The van der Waals surface area contributed by atoms with Crippen LogP contribution in [-0.4, -0.2) is 31.3 Å². The van der Waals surface area contributed by atoms with E-state index in [0.29, 0.717) is 13.0 Å². The molecule has 1 heterocycles. The summed E-state index contributed by atoms with van der Waals surface area (Å²) in [5.74, 6) is 0.383. The highest BCUT2D eigenvalue weighted by atomic mass is 32.2. The first-order chi connectivity index (χ1) is 8.51. The van der Waals surface area contributed by atoms with Crippen LogP contribution in [0.25, 0.3) is 0 Å². The molecule has 18 heavy (non-hydrogen) atoms. The van der Waals surface area contributed by atoms with Gasteiger partial charge in [0.25, 0.3) is 10.0 Å². The molecule has 1 saturated carbocycles. The molecule has 0 amide bonds. The van der Waals surface area contributed by atoms with Crippen molar-refractivity contribution in [2.45, 2.75) is 37.1 Å². The minimum atomic E-state index is -3.66. The number of aliphatic hydroxyl groups is 2. The molecule has 0 saturated heterocycles. The number of hydrogen-bond acceptors (Lipinski definition) is 5. The molecule has 1 aromatic heterocycles. The average molecular weight is 275 g/mol. The van der Waals surface area contributed by atoms with E-state index in [-0.39, 0.29) is 29.5 Å². The zero-order valence-electron chi connectivity index (χ0n) is 9.87. The topological polar surface area (TPSA) is 99.8 Å². The van der Waals surface area contributed by atoms with E-state index in [2.05, 4.69) is 4.72 Å². The summed E-state index contributed by atoms with van der Waals surface area (Å²) >= 11 is 0. The third-order valence-electron chi connectivity index (χ3n) is 3.13. The molecule has 0 aliphatic heterocycles. The number of aliphatic hydroxyl groups excluding tert-OH is 2. The van der Waals surface area contributed by atoms with Crippen LogP contribution in [-0.2, 0) is 16.6 Å². The summed E-state index contributed by atoms with van der Waals surface area (Å²) in [7, 11) is -3.66. The molecule has 2 rings (SSSR count). The van der Waals surface area contributed by atoms with Crippen LogP contribution in [0.4, 0.5) is 0 Å². The molecule has 0 radical (unpaired) electrons. The van der Waals surface area contributed by atoms with Gasteiger partial charge in [-0.15, -0.1) is 0 Å². The predicted molar refractivity (Wildman–Crippen MR) is 63.2 cm³/mol. The summed E-state index contributed by atoms with van der Waals surface area (Å²) < 4.78 is 31.1. The van der Waals surface area contributed by atoms with Gasteiger partial charge >= 0.3 is 0 Å². The summed E-state index contributed by atoms with van der Waals surface area (Å²) in [6.07, 6.45) is 1.86. The maximum absolute atomic E-state index is 11.9. The SMILES string of the molecule is O=S(=O)(NCC1CCC(O)C1)c1ccc(CO)o1. The van der Waals surface area contributed by atoms with Gasteiger partial charge in [-0.05, 0) is 37.3 Å². The van der Waals surface area contributed by atoms with Gasteiger partial charge < -0.3 is 14.6 Å². The van der Waals surface area contributed by atoms with E-state index < -0.39 is 10.0 Å². The van der Waals surface area contributed by atoms with Gasteiger partial charge in [-0.1, -0.05) is 0 Å². The Morgan fingerprint density at radius 1 is 1.39 bits per heavy atom. The third kappa shape index (κ3) is 3.11. The Morgan fingerprint density at radius 2 is 2.17 bits per heavy atom. The first-order valence-electron chi connectivity index (χ1n) is 5.88.